The number of oxime groups is 1. The minimum Gasteiger partial charge on any atom is -0.409 e. The SMILES string of the molecule is Cc1nc(C(=O)NC(C)CC(N)=NO)cs1. The van der Waals surface area contributed by atoms with Gasteiger partial charge in [-0.25, -0.2) is 4.98 Å². The van der Waals surface area contributed by atoms with E-state index in [0.717, 1.165) is 5.01 Å². The van der Waals surface area contributed by atoms with E-state index in [1.165, 1.54) is 11.3 Å². The summed E-state index contributed by atoms with van der Waals surface area (Å²) in [4.78, 5) is 15.7. The molecular formula is C9H14N4O2S. The number of aromatic nitrogens is 1. The number of carbonyl (C=O) groups is 1. The monoisotopic (exact) mass is 242 g/mol. The number of hydrogen-bond acceptors (Lipinski definition) is 5. The van der Waals surface area contributed by atoms with E-state index < -0.39 is 0 Å². The second kappa shape index (κ2) is 5.45. The molecule has 1 atom stereocenters. The molecule has 1 unspecified atom stereocenters. The van der Waals surface area contributed by atoms with Crippen LogP contribution in [-0.2, 0) is 0 Å². The zero-order valence-corrected chi connectivity index (χ0v) is 9.91. The number of nitrogens with one attached hydrogen (secondary N) is 1. The zero-order chi connectivity index (χ0) is 12.1. The number of rotatable bonds is 4. The highest BCUT2D eigenvalue weighted by molar-refractivity contribution is 7.09. The van der Waals surface area contributed by atoms with Crippen molar-refractivity contribution in [2.24, 2.45) is 10.9 Å². The minimum atomic E-state index is -0.248. The van der Waals surface area contributed by atoms with E-state index in [1.807, 2.05) is 6.92 Å². The third kappa shape index (κ3) is 3.50. The summed E-state index contributed by atoms with van der Waals surface area (Å²) in [5.41, 5.74) is 5.72. The number of nitrogens with zero attached hydrogens (tertiary/aromatic N) is 2. The Morgan fingerprint density at radius 2 is 2.50 bits per heavy atom. The summed E-state index contributed by atoms with van der Waals surface area (Å²) in [6.45, 7) is 3.61. The molecular weight excluding hydrogens is 228 g/mol. The number of nitrogens with two attached hydrogens (primary N) is 1. The molecule has 88 valence electrons. The number of thiazole rings is 1. The molecule has 1 rings (SSSR count). The fraction of sp³-hybridized carbons (Fsp3) is 0.444. The molecule has 6 nitrogen and oxygen atoms in total. The summed E-state index contributed by atoms with van der Waals surface area (Å²) in [6, 6.07) is -0.203. The van der Waals surface area contributed by atoms with Crippen LogP contribution in [0.4, 0.5) is 0 Å². The Labute approximate surface area is 97.2 Å². The van der Waals surface area contributed by atoms with Crippen LogP contribution in [0.5, 0.6) is 0 Å². The van der Waals surface area contributed by atoms with Gasteiger partial charge in [0.15, 0.2) is 0 Å². The van der Waals surface area contributed by atoms with E-state index in [4.69, 9.17) is 10.9 Å². The first-order valence-corrected chi connectivity index (χ1v) is 5.60. The maximum Gasteiger partial charge on any atom is 0.270 e. The number of amidine groups is 1. The topological polar surface area (TPSA) is 101 Å². The van der Waals surface area contributed by atoms with Crippen LogP contribution in [0.25, 0.3) is 0 Å². The Morgan fingerprint density at radius 3 is 3.00 bits per heavy atom. The molecule has 4 N–H and O–H groups in total. The number of amides is 1. The van der Waals surface area contributed by atoms with E-state index in [9.17, 15) is 4.79 Å². The fourth-order valence-electron chi connectivity index (χ4n) is 1.17. The summed E-state index contributed by atoms with van der Waals surface area (Å²) in [7, 11) is 0. The lowest BCUT2D eigenvalue weighted by atomic mass is 10.2. The predicted molar refractivity (Wildman–Crippen MR) is 61.8 cm³/mol. The highest BCUT2D eigenvalue weighted by Gasteiger charge is 2.13. The lowest BCUT2D eigenvalue weighted by molar-refractivity contribution is 0.0936. The molecule has 0 aliphatic rings. The predicted octanol–water partition coefficient (Wildman–Crippen LogP) is 0.706. The Hall–Kier alpha value is -1.63. The first kappa shape index (κ1) is 12.4. The van der Waals surface area contributed by atoms with Gasteiger partial charge in [-0.3, -0.25) is 4.79 Å². The smallest absolute Gasteiger partial charge is 0.270 e. The van der Waals surface area contributed by atoms with Gasteiger partial charge in [0.05, 0.1) is 5.01 Å². The Morgan fingerprint density at radius 1 is 1.81 bits per heavy atom. The van der Waals surface area contributed by atoms with Gasteiger partial charge in [-0.15, -0.1) is 11.3 Å². The van der Waals surface area contributed by atoms with E-state index in [2.05, 4.69) is 15.5 Å². The van der Waals surface area contributed by atoms with Gasteiger partial charge >= 0.3 is 0 Å². The van der Waals surface area contributed by atoms with Crippen molar-refractivity contribution >= 4 is 23.1 Å². The maximum absolute atomic E-state index is 11.6. The molecule has 1 aromatic rings. The van der Waals surface area contributed by atoms with Crippen LogP contribution in [0.2, 0.25) is 0 Å². The van der Waals surface area contributed by atoms with Crippen LogP contribution in [0, 0.1) is 6.92 Å². The van der Waals surface area contributed by atoms with Crippen molar-refractivity contribution in [1.29, 1.82) is 0 Å². The Bertz CT molecular complexity index is 402. The molecule has 0 spiro atoms. The summed E-state index contributed by atoms with van der Waals surface area (Å²) in [5, 5.41) is 16.5. The van der Waals surface area contributed by atoms with Gasteiger partial charge in [0.25, 0.3) is 5.91 Å². The average molecular weight is 242 g/mol. The summed E-state index contributed by atoms with van der Waals surface area (Å²) < 4.78 is 0. The van der Waals surface area contributed by atoms with Gasteiger partial charge in [-0.05, 0) is 13.8 Å². The lowest BCUT2D eigenvalue weighted by Crippen LogP contribution is -2.35. The largest absolute Gasteiger partial charge is 0.409 e. The van der Waals surface area contributed by atoms with E-state index >= 15 is 0 Å². The van der Waals surface area contributed by atoms with E-state index in [-0.39, 0.29) is 17.8 Å². The van der Waals surface area contributed by atoms with Crippen molar-refractivity contribution in [2.45, 2.75) is 26.3 Å². The normalized spacial score (nSPS) is 13.5. The second-order valence-corrected chi connectivity index (χ2v) is 4.48. The molecule has 0 bridgehead atoms. The van der Waals surface area contributed by atoms with Crippen molar-refractivity contribution in [3.05, 3.63) is 16.1 Å². The van der Waals surface area contributed by atoms with Gasteiger partial charge in [0.2, 0.25) is 0 Å². The summed E-state index contributed by atoms with van der Waals surface area (Å²) in [6.07, 6.45) is 0.297. The van der Waals surface area contributed by atoms with Crippen molar-refractivity contribution < 1.29 is 10.0 Å². The molecule has 0 aromatic carbocycles. The van der Waals surface area contributed by atoms with Crippen molar-refractivity contribution in [3.8, 4) is 0 Å². The highest BCUT2D eigenvalue weighted by atomic mass is 32.1. The van der Waals surface area contributed by atoms with Crippen LogP contribution >= 0.6 is 11.3 Å². The lowest BCUT2D eigenvalue weighted by Gasteiger charge is -2.11. The molecule has 1 amide bonds. The highest BCUT2D eigenvalue weighted by Crippen LogP contribution is 2.08. The molecule has 0 radical (unpaired) electrons. The van der Waals surface area contributed by atoms with E-state index in [1.54, 1.807) is 12.3 Å². The van der Waals surface area contributed by atoms with Gasteiger partial charge in [0.1, 0.15) is 11.5 Å². The van der Waals surface area contributed by atoms with Crippen LogP contribution in [-0.4, -0.2) is 28.0 Å². The fourth-order valence-corrected chi connectivity index (χ4v) is 1.76. The Balaban J connectivity index is 2.52. The van der Waals surface area contributed by atoms with Gasteiger partial charge < -0.3 is 16.3 Å². The van der Waals surface area contributed by atoms with Gasteiger partial charge in [0, 0.05) is 17.8 Å². The Kier molecular flexibility index (Phi) is 4.24. The molecule has 0 fully saturated rings. The van der Waals surface area contributed by atoms with Crippen molar-refractivity contribution in [1.82, 2.24) is 10.3 Å². The maximum atomic E-state index is 11.6. The molecule has 0 saturated carbocycles. The first-order valence-electron chi connectivity index (χ1n) is 4.72. The van der Waals surface area contributed by atoms with Crippen LogP contribution in [0.1, 0.15) is 28.8 Å². The first-order chi connectivity index (χ1) is 7.52. The number of aryl methyl sites for hydroxylation is 1. The second-order valence-electron chi connectivity index (χ2n) is 3.42. The molecule has 1 aromatic heterocycles. The van der Waals surface area contributed by atoms with Gasteiger partial charge in [-0.1, -0.05) is 5.16 Å². The third-order valence-electron chi connectivity index (χ3n) is 1.87. The van der Waals surface area contributed by atoms with Crippen molar-refractivity contribution in [3.63, 3.8) is 0 Å². The van der Waals surface area contributed by atoms with Crippen LogP contribution in [0.3, 0.4) is 0 Å². The van der Waals surface area contributed by atoms with Crippen molar-refractivity contribution in [2.75, 3.05) is 0 Å². The standard InChI is InChI=1S/C9H14N4O2S/c1-5(3-8(10)13-15)11-9(14)7-4-16-6(2)12-7/h4-5,15H,3H2,1-2H3,(H2,10,13)(H,11,14). The molecule has 0 aliphatic heterocycles. The molecule has 0 saturated heterocycles. The number of carbonyl (C=O) groups excluding carboxylic acids is 1. The zero-order valence-electron chi connectivity index (χ0n) is 9.10. The molecule has 0 aliphatic carbocycles. The minimum absolute atomic E-state index is 0.0854. The summed E-state index contributed by atoms with van der Waals surface area (Å²) in [5.74, 6) is -0.162. The van der Waals surface area contributed by atoms with E-state index in [0.29, 0.717) is 12.1 Å². The van der Waals surface area contributed by atoms with Gasteiger partial charge in [-0.2, -0.15) is 0 Å². The number of hydrogen-bond donors (Lipinski definition) is 3. The quantitative estimate of drug-likeness (QED) is 0.313. The summed E-state index contributed by atoms with van der Waals surface area (Å²) >= 11 is 1.42. The van der Waals surface area contributed by atoms with Crippen LogP contribution < -0.4 is 11.1 Å². The third-order valence-corrected chi connectivity index (χ3v) is 2.65. The average Bonchev–Trinajstić information content (AvgIpc) is 2.64. The van der Waals surface area contributed by atoms with Crippen LogP contribution in [0.15, 0.2) is 10.5 Å². The molecule has 1 heterocycles. The molecule has 7 heteroatoms. The molecule has 16 heavy (non-hydrogen) atoms.